The molecule has 0 saturated heterocycles. The van der Waals surface area contributed by atoms with E-state index in [1.807, 2.05) is 4.68 Å². The number of nitrogens with zero attached hydrogens (tertiary/aromatic N) is 3. The Morgan fingerprint density at radius 1 is 1.04 bits per heavy atom. The number of aromatic nitrogens is 1. The lowest BCUT2D eigenvalue weighted by Crippen LogP contribution is -2.14. The van der Waals surface area contributed by atoms with Gasteiger partial charge in [-0.05, 0) is 32.3 Å². The van der Waals surface area contributed by atoms with Gasteiger partial charge in [-0.1, -0.05) is 54.1 Å². The summed E-state index contributed by atoms with van der Waals surface area (Å²) < 4.78 is 2.02. The average molecular weight is 347 g/mol. The van der Waals surface area contributed by atoms with Gasteiger partial charge in [0.05, 0.1) is 11.4 Å². The van der Waals surface area contributed by atoms with Crippen molar-refractivity contribution in [2.24, 2.45) is 10.1 Å². The first-order chi connectivity index (χ1) is 12.3. The highest BCUT2D eigenvalue weighted by Crippen LogP contribution is 2.25. The third-order valence-corrected chi connectivity index (χ3v) is 5.36. The highest BCUT2D eigenvalue weighted by molar-refractivity contribution is 7.07. The molecule has 0 spiro atoms. The fraction of sp³-hybridized carbons (Fsp3) is 0.238. The molecule has 25 heavy (non-hydrogen) atoms. The predicted molar refractivity (Wildman–Crippen MR) is 105 cm³/mol. The van der Waals surface area contributed by atoms with Crippen molar-refractivity contribution >= 4 is 17.0 Å². The average Bonchev–Trinajstić information content (AvgIpc) is 3.22. The summed E-state index contributed by atoms with van der Waals surface area (Å²) in [5.74, 6) is 0. The maximum atomic E-state index is 5.03. The Bertz CT molecular complexity index is 990. The highest BCUT2D eigenvalue weighted by Gasteiger charge is 2.18. The molecule has 1 heterocycles. The van der Waals surface area contributed by atoms with Crippen LogP contribution >= 0.6 is 11.3 Å². The number of thiazole rings is 1. The van der Waals surface area contributed by atoms with Crippen molar-refractivity contribution < 1.29 is 0 Å². The van der Waals surface area contributed by atoms with Crippen LogP contribution in [0.1, 0.15) is 30.0 Å². The Kier molecular flexibility index (Phi) is 4.36. The summed E-state index contributed by atoms with van der Waals surface area (Å²) in [6.07, 6.45) is 2.06. The summed E-state index contributed by atoms with van der Waals surface area (Å²) in [6, 6.07) is 17.2. The molecule has 126 valence electrons. The van der Waals surface area contributed by atoms with Gasteiger partial charge in [-0.2, -0.15) is 5.10 Å². The van der Waals surface area contributed by atoms with Crippen LogP contribution < -0.4 is 4.80 Å². The second-order valence-electron chi connectivity index (χ2n) is 6.26. The van der Waals surface area contributed by atoms with Gasteiger partial charge in [0.15, 0.2) is 0 Å². The van der Waals surface area contributed by atoms with E-state index in [0.717, 1.165) is 35.6 Å². The van der Waals surface area contributed by atoms with Gasteiger partial charge < -0.3 is 0 Å². The minimum Gasteiger partial charge on any atom is -0.258 e. The van der Waals surface area contributed by atoms with E-state index in [4.69, 9.17) is 5.10 Å². The predicted octanol–water partition coefficient (Wildman–Crippen LogP) is 4.64. The summed E-state index contributed by atoms with van der Waals surface area (Å²) in [6.45, 7) is 4.93. The molecular weight excluding hydrogens is 326 g/mol. The van der Waals surface area contributed by atoms with Gasteiger partial charge in [0.1, 0.15) is 0 Å². The third-order valence-electron chi connectivity index (χ3n) is 4.51. The number of fused-ring (bicyclic) bond motifs is 1. The van der Waals surface area contributed by atoms with E-state index in [9.17, 15) is 0 Å². The van der Waals surface area contributed by atoms with Crippen LogP contribution in [0.2, 0.25) is 0 Å². The lowest BCUT2D eigenvalue weighted by molar-refractivity contribution is 0.823. The molecule has 0 N–H and O–H groups in total. The van der Waals surface area contributed by atoms with E-state index in [2.05, 4.69) is 72.8 Å². The molecule has 1 aliphatic carbocycles. The number of rotatable bonds is 3. The van der Waals surface area contributed by atoms with Gasteiger partial charge in [-0.25, -0.2) is 4.68 Å². The molecule has 0 saturated carbocycles. The van der Waals surface area contributed by atoms with Crippen molar-refractivity contribution in [3.05, 3.63) is 75.4 Å². The maximum Gasteiger partial charge on any atom is 0.206 e. The van der Waals surface area contributed by atoms with Crippen LogP contribution in [0.25, 0.3) is 11.3 Å². The van der Waals surface area contributed by atoms with Crippen LogP contribution in [0.15, 0.2) is 64.0 Å². The Balaban J connectivity index is 1.86. The molecule has 0 unspecified atom stereocenters. The van der Waals surface area contributed by atoms with Crippen LogP contribution in [-0.4, -0.2) is 16.9 Å². The molecule has 3 nitrogen and oxygen atoms in total. The third kappa shape index (κ3) is 3.10. The van der Waals surface area contributed by atoms with E-state index in [0.29, 0.717) is 0 Å². The summed E-state index contributed by atoms with van der Waals surface area (Å²) >= 11 is 1.65. The van der Waals surface area contributed by atoms with E-state index in [-0.39, 0.29) is 0 Å². The SMILES string of the molecule is CCN=c1scc(-c2ccc(C)cc2)n1N=C1CCc2ccccc21. The molecular formula is C21H21N3S. The van der Waals surface area contributed by atoms with Gasteiger partial charge in [-0.15, -0.1) is 11.3 Å². The molecule has 4 rings (SSSR count). The normalized spacial score (nSPS) is 15.8. The topological polar surface area (TPSA) is 29.6 Å². The van der Waals surface area contributed by atoms with E-state index in [1.165, 1.54) is 22.3 Å². The summed E-state index contributed by atoms with van der Waals surface area (Å²) in [5, 5.41) is 7.18. The molecule has 1 aliphatic rings. The zero-order chi connectivity index (χ0) is 17.2. The fourth-order valence-electron chi connectivity index (χ4n) is 3.19. The molecule has 1 aromatic heterocycles. The van der Waals surface area contributed by atoms with Gasteiger partial charge in [0, 0.05) is 23.1 Å². The largest absolute Gasteiger partial charge is 0.258 e. The van der Waals surface area contributed by atoms with Crippen molar-refractivity contribution in [3.63, 3.8) is 0 Å². The van der Waals surface area contributed by atoms with E-state index < -0.39 is 0 Å². The first-order valence-corrected chi connectivity index (χ1v) is 9.58. The molecule has 0 fully saturated rings. The Morgan fingerprint density at radius 3 is 2.64 bits per heavy atom. The standard InChI is InChI=1S/C21H21N3S/c1-3-22-21-24(20(14-25-21)17-10-8-15(2)9-11-17)23-19-13-12-16-6-4-5-7-18(16)19/h4-11,14H,3,12-13H2,1-2H3. The number of hydrogen-bond donors (Lipinski definition) is 0. The Labute approximate surface area is 152 Å². The molecule has 0 amide bonds. The zero-order valence-electron chi connectivity index (χ0n) is 14.6. The van der Waals surface area contributed by atoms with Crippen LogP contribution in [0, 0.1) is 6.92 Å². The van der Waals surface area contributed by atoms with Crippen molar-refractivity contribution in [3.8, 4) is 11.3 Å². The summed E-state index contributed by atoms with van der Waals surface area (Å²) in [7, 11) is 0. The number of aryl methyl sites for hydroxylation is 2. The minimum atomic E-state index is 0.759. The molecule has 0 aliphatic heterocycles. The van der Waals surface area contributed by atoms with Gasteiger partial charge in [-0.3, -0.25) is 4.99 Å². The molecule has 3 aromatic rings. The van der Waals surface area contributed by atoms with Crippen LogP contribution in [0.3, 0.4) is 0 Å². The van der Waals surface area contributed by atoms with Crippen LogP contribution in [0.4, 0.5) is 0 Å². The van der Waals surface area contributed by atoms with Gasteiger partial charge in [0.2, 0.25) is 4.80 Å². The van der Waals surface area contributed by atoms with Crippen LogP contribution in [-0.2, 0) is 6.42 Å². The smallest absolute Gasteiger partial charge is 0.206 e. The zero-order valence-corrected chi connectivity index (χ0v) is 15.4. The molecule has 0 bridgehead atoms. The van der Waals surface area contributed by atoms with E-state index in [1.54, 1.807) is 11.3 Å². The van der Waals surface area contributed by atoms with Crippen molar-refractivity contribution in [2.75, 3.05) is 6.54 Å². The van der Waals surface area contributed by atoms with Crippen molar-refractivity contribution in [1.29, 1.82) is 0 Å². The number of hydrogen-bond acceptors (Lipinski definition) is 3. The second-order valence-corrected chi connectivity index (χ2v) is 7.10. The van der Waals surface area contributed by atoms with E-state index >= 15 is 0 Å². The maximum absolute atomic E-state index is 5.03. The highest BCUT2D eigenvalue weighted by atomic mass is 32.1. The molecule has 4 heteroatoms. The first kappa shape index (κ1) is 16.0. The lowest BCUT2D eigenvalue weighted by atomic mass is 10.1. The first-order valence-electron chi connectivity index (χ1n) is 8.70. The number of benzene rings is 2. The fourth-order valence-corrected chi connectivity index (χ4v) is 4.09. The quantitative estimate of drug-likeness (QED) is 0.660. The van der Waals surface area contributed by atoms with Crippen molar-refractivity contribution in [2.45, 2.75) is 26.7 Å². The van der Waals surface area contributed by atoms with Crippen molar-refractivity contribution in [1.82, 2.24) is 4.68 Å². The Hall–Kier alpha value is -2.46. The molecule has 0 radical (unpaired) electrons. The molecule has 2 aromatic carbocycles. The Morgan fingerprint density at radius 2 is 1.84 bits per heavy atom. The summed E-state index contributed by atoms with van der Waals surface area (Å²) in [4.78, 5) is 5.60. The lowest BCUT2D eigenvalue weighted by Gasteiger charge is -2.06. The van der Waals surface area contributed by atoms with Gasteiger partial charge >= 0.3 is 0 Å². The van der Waals surface area contributed by atoms with Gasteiger partial charge in [0.25, 0.3) is 0 Å². The summed E-state index contributed by atoms with van der Waals surface area (Å²) in [5.41, 5.74) is 7.37. The second kappa shape index (κ2) is 6.81. The minimum absolute atomic E-state index is 0.759. The van der Waals surface area contributed by atoms with Crippen LogP contribution in [0.5, 0.6) is 0 Å². The monoisotopic (exact) mass is 347 g/mol. The molecule has 0 atom stereocenters.